The van der Waals surface area contributed by atoms with Crippen LogP contribution >= 0.6 is 0 Å². The lowest BCUT2D eigenvalue weighted by Crippen LogP contribution is -2.50. The SMILES string of the molecule is O=C(Nc1ccc(C[C@H](NC(=O)C2(c3ccccc3)CCCC2)C(=O)O)cc1)c1cccnc1Oc1ccccc1. The summed E-state index contributed by atoms with van der Waals surface area (Å²) in [4.78, 5) is 42.8. The normalized spacial score (nSPS) is 14.5. The Labute approximate surface area is 238 Å². The molecule has 5 rings (SSSR count). The Balaban J connectivity index is 1.25. The van der Waals surface area contributed by atoms with Crippen molar-refractivity contribution in [3.05, 3.63) is 120 Å². The van der Waals surface area contributed by atoms with Crippen molar-refractivity contribution >= 4 is 23.5 Å². The number of aliphatic carboxylic acids is 1. The van der Waals surface area contributed by atoms with Crippen LogP contribution in [0.15, 0.2) is 103 Å². The van der Waals surface area contributed by atoms with Gasteiger partial charge in [-0.1, -0.05) is 73.5 Å². The van der Waals surface area contributed by atoms with Crippen molar-refractivity contribution in [2.75, 3.05) is 5.32 Å². The number of hydrogen-bond donors (Lipinski definition) is 3. The van der Waals surface area contributed by atoms with Crippen LogP contribution in [-0.4, -0.2) is 33.9 Å². The van der Waals surface area contributed by atoms with Gasteiger partial charge in [0.15, 0.2) is 0 Å². The first kappa shape index (κ1) is 27.6. The Bertz CT molecular complexity index is 1500. The summed E-state index contributed by atoms with van der Waals surface area (Å²) in [5.74, 6) is -0.993. The molecule has 0 spiro atoms. The van der Waals surface area contributed by atoms with Gasteiger partial charge < -0.3 is 20.5 Å². The third kappa shape index (κ3) is 6.44. The lowest BCUT2D eigenvalue weighted by Gasteiger charge is -2.30. The van der Waals surface area contributed by atoms with Gasteiger partial charge in [-0.25, -0.2) is 9.78 Å². The predicted molar refractivity (Wildman–Crippen MR) is 155 cm³/mol. The Hall–Kier alpha value is -4.98. The third-order valence-corrected chi connectivity index (χ3v) is 7.45. The standard InChI is InChI=1S/C33H31N3O5/c37-29(27-14-9-21-34-30(27)41-26-12-5-2-6-13-26)35-25-17-15-23(16-18-25)22-28(31(38)39)36-32(40)33(19-7-8-20-33)24-10-3-1-4-11-24/h1-6,9-18,21,28H,7-8,19-20,22H2,(H,35,37)(H,36,40)(H,38,39)/t28-/m0/s1. The highest BCUT2D eigenvalue weighted by atomic mass is 16.5. The molecular formula is C33H31N3O5. The van der Waals surface area contributed by atoms with Gasteiger partial charge in [0.05, 0.1) is 5.41 Å². The van der Waals surface area contributed by atoms with Crippen molar-refractivity contribution in [3.8, 4) is 11.6 Å². The second kappa shape index (κ2) is 12.5. The fourth-order valence-corrected chi connectivity index (χ4v) is 5.28. The highest BCUT2D eigenvalue weighted by Gasteiger charge is 2.43. The third-order valence-electron chi connectivity index (χ3n) is 7.45. The van der Waals surface area contributed by atoms with Crippen molar-refractivity contribution in [2.45, 2.75) is 43.6 Å². The number of para-hydroxylation sites is 1. The number of carboxylic acid groups (broad SMARTS) is 1. The molecule has 2 amide bonds. The van der Waals surface area contributed by atoms with E-state index in [9.17, 15) is 19.5 Å². The van der Waals surface area contributed by atoms with Gasteiger partial charge >= 0.3 is 5.97 Å². The fourth-order valence-electron chi connectivity index (χ4n) is 5.28. The van der Waals surface area contributed by atoms with E-state index in [0.29, 0.717) is 29.8 Å². The molecule has 0 saturated heterocycles. The molecule has 3 N–H and O–H groups in total. The average molecular weight is 550 g/mol. The molecule has 1 atom stereocenters. The van der Waals surface area contributed by atoms with Gasteiger partial charge in [0, 0.05) is 18.3 Å². The molecule has 4 aromatic rings. The number of carbonyl (C=O) groups is 3. The Kier molecular flexibility index (Phi) is 8.39. The maximum absolute atomic E-state index is 13.5. The second-order valence-corrected chi connectivity index (χ2v) is 10.1. The van der Waals surface area contributed by atoms with Crippen LogP contribution in [0.4, 0.5) is 5.69 Å². The minimum absolute atomic E-state index is 0.109. The summed E-state index contributed by atoms with van der Waals surface area (Å²) in [7, 11) is 0. The van der Waals surface area contributed by atoms with Gasteiger partial charge in [0.25, 0.3) is 5.91 Å². The zero-order valence-corrected chi connectivity index (χ0v) is 22.5. The van der Waals surface area contributed by atoms with Crippen LogP contribution in [0.1, 0.15) is 47.2 Å². The van der Waals surface area contributed by atoms with Crippen LogP contribution in [0.2, 0.25) is 0 Å². The van der Waals surface area contributed by atoms with E-state index >= 15 is 0 Å². The molecule has 0 unspecified atom stereocenters. The summed E-state index contributed by atoms with van der Waals surface area (Å²) in [5.41, 5.74) is 1.72. The van der Waals surface area contributed by atoms with Crippen LogP contribution in [0.5, 0.6) is 11.6 Å². The molecule has 0 bridgehead atoms. The van der Waals surface area contributed by atoms with E-state index in [1.54, 1.807) is 54.7 Å². The monoisotopic (exact) mass is 549 g/mol. The lowest BCUT2D eigenvalue weighted by molar-refractivity contribution is -0.142. The number of rotatable bonds is 10. The summed E-state index contributed by atoms with van der Waals surface area (Å²) in [6, 6.07) is 27.8. The first-order valence-electron chi connectivity index (χ1n) is 13.6. The quantitative estimate of drug-likeness (QED) is 0.232. The molecule has 1 heterocycles. The summed E-state index contributed by atoms with van der Waals surface area (Å²) in [6.07, 6.45) is 4.89. The smallest absolute Gasteiger partial charge is 0.326 e. The van der Waals surface area contributed by atoms with E-state index < -0.39 is 23.3 Å². The number of nitrogens with zero attached hydrogens (tertiary/aromatic N) is 1. The molecule has 1 aliphatic carbocycles. The Morgan fingerprint density at radius 1 is 0.854 bits per heavy atom. The number of aromatic nitrogens is 1. The molecule has 208 valence electrons. The predicted octanol–water partition coefficient (Wildman–Crippen LogP) is 5.75. The highest BCUT2D eigenvalue weighted by molar-refractivity contribution is 6.05. The average Bonchev–Trinajstić information content (AvgIpc) is 3.50. The fraction of sp³-hybridized carbons (Fsp3) is 0.212. The molecule has 1 saturated carbocycles. The maximum Gasteiger partial charge on any atom is 0.326 e. The summed E-state index contributed by atoms with van der Waals surface area (Å²) >= 11 is 0. The summed E-state index contributed by atoms with van der Waals surface area (Å²) in [6.45, 7) is 0. The molecular weight excluding hydrogens is 518 g/mol. The number of nitrogens with one attached hydrogen (secondary N) is 2. The number of hydrogen-bond acceptors (Lipinski definition) is 5. The molecule has 1 aromatic heterocycles. The molecule has 8 nitrogen and oxygen atoms in total. The van der Waals surface area contributed by atoms with E-state index in [1.165, 1.54) is 0 Å². The van der Waals surface area contributed by atoms with Gasteiger partial charge in [-0.2, -0.15) is 0 Å². The van der Waals surface area contributed by atoms with E-state index in [1.807, 2.05) is 48.5 Å². The number of amides is 2. The number of anilines is 1. The summed E-state index contributed by atoms with van der Waals surface area (Å²) in [5, 5.41) is 15.6. The zero-order chi connectivity index (χ0) is 28.7. The Morgan fingerprint density at radius 2 is 1.51 bits per heavy atom. The van der Waals surface area contributed by atoms with Gasteiger partial charge in [0.1, 0.15) is 17.4 Å². The lowest BCUT2D eigenvalue weighted by atomic mass is 9.77. The van der Waals surface area contributed by atoms with Crippen LogP contribution < -0.4 is 15.4 Å². The molecule has 1 fully saturated rings. The topological polar surface area (TPSA) is 118 Å². The van der Waals surface area contributed by atoms with Crippen molar-refractivity contribution < 1.29 is 24.2 Å². The summed E-state index contributed by atoms with van der Waals surface area (Å²) < 4.78 is 5.80. The molecule has 8 heteroatoms. The van der Waals surface area contributed by atoms with Crippen LogP contribution in [0, 0.1) is 0 Å². The number of pyridine rings is 1. The first-order valence-corrected chi connectivity index (χ1v) is 13.6. The van der Waals surface area contributed by atoms with Crippen molar-refractivity contribution in [2.24, 2.45) is 0 Å². The molecule has 0 radical (unpaired) electrons. The highest BCUT2D eigenvalue weighted by Crippen LogP contribution is 2.41. The van der Waals surface area contributed by atoms with E-state index in [-0.39, 0.29) is 23.8 Å². The molecule has 41 heavy (non-hydrogen) atoms. The van der Waals surface area contributed by atoms with Gasteiger partial charge in [0.2, 0.25) is 11.8 Å². The van der Waals surface area contributed by atoms with E-state index in [4.69, 9.17) is 4.74 Å². The van der Waals surface area contributed by atoms with Crippen molar-refractivity contribution in [3.63, 3.8) is 0 Å². The minimum atomic E-state index is -1.10. The van der Waals surface area contributed by atoms with Gasteiger partial charge in [-0.15, -0.1) is 0 Å². The van der Waals surface area contributed by atoms with Crippen molar-refractivity contribution in [1.82, 2.24) is 10.3 Å². The molecule has 3 aromatic carbocycles. The number of benzene rings is 3. The van der Waals surface area contributed by atoms with Crippen molar-refractivity contribution in [1.29, 1.82) is 0 Å². The Morgan fingerprint density at radius 3 is 2.17 bits per heavy atom. The number of carboxylic acids is 1. The zero-order valence-electron chi connectivity index (χ0n) is 22.5. The maximum atomic E-state index is 13.5. The van der Waals surface area contributed by atoms with Gasteiger partial charge in [-0.3, -0.25) is 9.59 Å². The van der Waals surface area contributed by atoms with Gasteiger partial charge in [-0.05, 0) is 60.4 Å². The number of carbonyl (C=O) groups excluding carboxylic acids is 2. The second-order valence-electron chi connectivity index (χ2n) is 10.1. The van der Waals surface area contributed by atoms with Crippen LogP contribution in [0.3, 0.4) is 0 Å². The van der Waals surface area contributed by atoms with Crippen LogP contribution in [0.25, 0.3) is 0 Å². The van der Waals surface area contributed by atoms with E-state index in [0.717, 1.165) is 18.4 Å². The number of ether oxygens (including phenoxy) is 1. The first-order chi connectivity index (χ1) is 19.9. The largest absolute Gasteiger partial charge is 0.480 e. The molecule has 1 aliphatic rings. The molecule has 0 aliphatic heterocycles. The minimum Gasteiger partial charge on any atom is -0.480 e. The van der Waals surface area contributed by atoms with Crippen LogP contribution in [-0.2, 0) is 21.4 Å². The van der Waals surface area contributed by atoms with E-state index in [2.05, 4.69) is 15.6 Å².